The molecule has 5 heteroatoms. The Morgan fingerprint density at radius 2 is 1.71 bits per heavy atom. The predicted molar refractivity (Wildman–Crippen MR) is 108 cm³/mol. The van der Waals surface area contributed by atoms with Gasteiger partial charge in [0, 0.05) is 16.7 Å². The van der Waals surface area contributed by atoms with Crippen LogP contribution in [-0.4, -0.2) is 43.4 Å². The number of carboxylic acid groups (broad SMARTS) is 1. The summed E-state index contributed by atoms with van der Waals surface area (Å²) in [4.78, 5) is 12.7. The first-order valence-electron chi connectivity index (χ1n) is 9.60. The summed E-state index contributed by atoms with van der Waals surface area (Å²) in [6.07, 6.45) is 1.63. The van der Waals surface area contributed by atoms with Crippen LogP contribution in [0.2, 0.25) is 0 Å². The van der Waals surface area contributed by atoms with Crippen LogP contribution in [0.4, 0.5) is 0 Å². The van der Waals surface area contributed by atoms with E-state index in [0.29, 0.717) is 5.56 Å². The van der Waals surface area contributed by atoms with E-state index in [4.69, 9.17) is 0 Å². The van der Waals surface area contributed by atoms with Crippen molar-refractivity contribution in [3.05, 3.63) is 83.4 Å². The minimum absolute atomic E-state index is 0.173. The molecule has 0 atom stereocenters. The molecule has 28 heavy (non-hydrogen) atoms. The molecular formula is C23H23N3O2. The number of benzene rings is 3. The minimum Gasteiger partial charge on any atom is -0.545 e. The van der Waals surface area contributed by atoms with Gasteiger partial charge in [0.2, 0.25) is 0 Å². The molecule has 0 aromatic heterocycles. The van der Waals surface area contributed by atoms with Gasteiger partial charge in [-0.25, -0.2) is 0 Å². The van der Waals surface area contributed by atoms with Crippen LogP contribution in [0.15, 0.2) is 71.8 Å². The lowest BCUT2D eigenvalue weighted by Gasteiger charge is -2.30. The fourth-order valence-corrected chi connectivity index (χ4v) is 3.76. The second-order valence-corrected chi connectivity index (χ2v) is 7.14. The van der Waals surface area contributed by atoms with E-state index in [-0.39, 0.29) is 5.56 Å². The second-order valence-electron chi connectivity index (χ2n) is 7.14. The summed E-state index contributed by atoms with van der Waals surface area (Å²) in [6, 6.07) is 21.8. The Labute approximate surface area is 164 Å². The van der Waals surface area contributed by atoms with Crippen molar-refractivity contribution in [1.82, 2.24) is 5.01 Å². The maximum Gasteiger partial charge on any atom is 0.104 e. The normalized spacial score (nSPS) is 15.4. The highest BCUT2D eigenvalue weighted by atomic mass is 16.4. The van der Waals surface area contributed by atoms with Crippen molar-refractivity contribution in [1.29, 1.82) is 0 Å². The molecule has 142 valence electrons. The quantitative estimate of drug-likeness (QED) is 0.677. The third-order valence-electron chi connectivity index (χ3n) is 5.31. The molecule has 0 saturated carbocycles. The zero-order valence-corrected chi connectivity index (χ0v) is 15.7. The summed E-state index contributed by atoms with van der Waals surface area (Å²) in [5.41, 5.74) is 2.13. The first kappa shape index (κ1) is 18.2. The van der Waals surface area contributed by atoms with Crippen LogP contribution in [0.5, 0.6) is 0 Å². The molecule has 0 bridgehead atoms. The van der Waals surface area contributed by atoms with Gasteiger partial charge in [0.05, 0.1) is 38.4 Å². The molecular weight excluding hydrogens is 350 g/mol. The number of nitrogens with zero attached hydrogens (tertiary/aromatic N) is 2. The van der Waals surface area contributed by atoms with Gasteiger partial charge in [-0.2, -0.15) is 5.10 Å². The molecule has 1 saturated heterocycles. The first-order chi connectivity index (χ1) is 13.7. The van der Waals surface area contributed by atoms with E-state index in [9.17, 15) is 9.90 Å². The summed E-state index contributed by atoms with van der Waals surface area (Å²) < 4.78 is 0. The summed E-state index contributed by atoms with van der Waals surface area (Å²) in [6.45, 7) is 4.71. The van der Waals surface area contributed by atoms with Crippen LogP contribution in [0.25, 0.3) is 10.8 Å². The summed E-state index contributed by atoms with van der Waals surface area (Å²) >= 11 is 0. The number of rotatable bonds is 5. The molecule has 0 amide bonds. The lowest BCUT2D eigenvalue weighted by atomic mass is 10.0. The van der Waals surface area contributed by atoms with E-state index in [1.165, 1.54) is 21.2 Å². The highest BCUT2D eigenvalue weighted by Gasteiger charge is 2.19. The van der Waals surface area contributed by atoms with Crippen molar-refractivity contribution in [3.8, 4) is 0 Å². The van der Waals surface area contributed by atoms with Gasteiger partial charge in [-0.05, 0) is 10.8 Å². The number of carbonyl (C=O) groups excluding carboxylic acids is 1. The van der Waals surface area contributed by atoms with Crippen molar-refractivity contribution >= 4 is 23.0 Å². The number of quaternary nitrogens is 1. The largest absolute Gasteiger partial charge is 0.545 e. The molecule has 3 aromatic carbocycles. The molecule has 0 radical (unpaired) electrons. The van der Waals surface area contributed by atoms with Crippen molar-refractivity contribution in [2.45, 2.75) is 6.54 Å². The molecule has 5 nitrogen and oxygen atoms in total. The molecule has 0 unspecified atom stereocenters. The zero-order chi connectivity index (χ0) is 19.3. The fraction of sp³-hybridized carbons (Fsp3) is 0.217. The van der Waals surface area contributed by atoms with Crippen LogP contribution in [0.3, 0.4) is 0 Å². The Kier molecular flexibility index (Phi) is 5.35. The predicted octanol–water partition coefficient (Wildman–Crippen LogP) is 0.938. The van der Waals surface area contributed by atoms with E-state index < -0.39 is 5.97 Å². The molecule has 3 aromatic rings. The number of hydrogen-bond acceptors (Lipinski definition) is 4. The SMILES string of the molecule is O=C([O-])c1ccccc1/C=N\N1CC[NH+](Cc2cccc3ccccc23)CC1. The molecule has 1 aliphatic heterocycles. The van der Waals surface area contributed by atoms with E-state index in [1.54, 1.807) is 30.5 Å². The minimum atomic E-state index is -1.17. The van der Waals surface area contributed by atoms with Gasteiger partial charge < -0.3 is 14.8 Å². The Morgan fingerprint density at radius 3 is 2.54 bits per heavy atom. The third-order valence-corrected chi connectivity index (χ3v) is 5.31. The third kappa shape index (κ3) is 4.05. The van der Waals surface area contributed by atoms with Gasteiger partial charge >= 0.3 is 0 Å². The number of carboxylic acids is 1. The van der Waals surface area contributed by atoms with Crippen molar-refractivity contribution in [2.75, 3.05) is 26.2 Å². The van der Waals surface area contributed by atoms with E-state index in [2.05, 4.69) is 47.6 Å². The van der Waals surface area contributed by atoms with Gasteiger partial charge in [0.1, 0.15) is 6.54 Å². The van der Waals surface area contributed by atoms with Gasteiger partial charge in [-0.1, -0.05) is 66.7 Å². The zero-order valence-electron chi connectivity index (χ0n) is 15.7. The maximum atomic E-state index is 11.2. The van der Waals surface area contributed by atoms with Crippen LogP contribution >= 0.6 is 0 Å². The summed E-state index contributed by atoms with van der Waals surface area (Å²) in [5.74, 6) is -1.17. The van der Waals surface area contributed by atoms with Gasteiger partial charge in [0.25, 0.3) is 0 Å². The second kappa shape index (κ2) is 8.23. The van der Waals surface area contributed by atoms with Crippen molar-refractivity contribution < 1.29 is 14.8 Å². The summed E-state index contributed by atoms with van der Waals surface area (Å²) in [7, 11) is 0. The van der Waals surface area contributed by atoms with Gasteiger partial charge in [-0.15, -0.1) is 0 Å². The topological polar surface area (TPSA) is 60.2 Å². The average Bonchev–Trinajstić information content (AvgIpc) is 2.74. The van der Waals surface area contributed by atoms with Crippen molar-refractivity contribution in [3.63, 3.8) is 0 Å². The standard InChI is InChI=1S/C23H23N3O2/c27-23(28)22-11-4-2-7-19(22)16-24-26-14-12-25(13-15-26)17-20-9-5-8-18-6-1-3-10-21(18)20/h1-11,16H,12-15,17H2,(H,27,28)/b24-16-. The number of hydrazone groups is 1. The van der Waals surface area contributed by atoms with Crippen LogP contribution in [0, 0.1) is 0 Å². The molecule has 0 spiro atoms. The Balaban J connectivity index is 1.38. The van der Waals surface area contributed by atoms with Gasteiger partial charge in [-0.3, -0.25) is 5.01 Å². The smallest absolute Gasteiger partial charge is 0.104 e. The molecule has 1 fully saturated rings. The lowest BCUT2D eigenvalue weighted by molar-refractivity contribution is -0.918. The van der Waals surface area contributed by atoms with E-state index >= 15 is 0 Å². The monoisotopic (exact) mass is 373 g/mol. The number of nitrogens with one attached hydrogen (secondary N) is 1. The number of aromatic carboxylic acids is 1. The van der Waals surface area contributed by atoms with Crippen LogP contribution in [0.1, 0.15) is 21.5 Å². The highest BCUT2D eigenvalue weighted by Crippen LogP contribution is 2.17. The average molecular weight is 373 g/mol. The Hall–Kier alpha value is -3.18. The summed E-state index contributed by atoms with van der Waals surface area (Å²) in [5, 5.41) is 20.3. The van der Waals surface area contributed by atoms with E-state index in [0.717, 1.165) is 32.7 Å². The van der Waals surface area contributed by atoms with Crippen molar-refractivity contribution in [2.24, 2.45) is 5.10 Å². The lowest BCUT2D eigenvalue weighted by Crippen LogP contribution is -3.13. The molecule has 1 aliphatic rings. The maximum absolute atomic E-state index is 11.2. The highest BCUT2D eigenvalue weighted by molar-refractivity contribution is 5.97. The van der Waals surface area contributed by atoms with Crippen LogP contribution in [-0.2, 0) is 6.54 Å². The number of hydrogen-bond donors (Lipinski definition) is 1. The number of fused-ring (bicyclic) bond motifs is 1. The van der Waals surface area contributed by atoms with E-state index in [1.807, 2.05) is 5.01 Å². The Bertz CT molecular complexity index is 1000. The molecule has 4 rings (SSSR count). The van der Waals surface area contributed by atoms with Gasteiger partial charge in [0.15, 0.2) is 0 Å². The number of carbonyl (C=O) groups is 1. The fourth-order valence-electron chi connectivity index (χ4n) is 3.76. The van der Waals surface area contributed by atoms with Crippen LogP contribution < -0.4 is 10.0 Å². The molecule has 0 aliphatic carbocycles. The first-order valence-corrected chi connectivity index (χ1v) is 9.60. The Morgan fingerprint density at radius 1 is 1.00 bits per heavy atom. The molecule has 1 N–H and O–H groups in total. The molecule has 1 heterocycles. The number of piperazine rings is 1.